The van der Waals surface area contributed by atoms with Gasteiger partial charge >= 0.3 is 0 Å². The number of methoxy groups -OCH3 is 1. The number of carbonyl (C=O) groups is 1. The molecular weight excluding hydrogens is 216 g/mol. The molecule has 0 aromatic heterocycles. The summed E-state index contributed by atoms with van der Waals surface area (Å²) in [6.07, 6.45) is 2.13. The summed E-state index contributed by atoms with van der Waals surface area (Å²) in [6.45, 7) is 9.24. The predicted molar refractivity (Wildman–Crippen MR) is 68.9 cm³/mol. The van der Waals surface area contributed by atoms with Gasteiger partial charge in [0.05, 0.1) is 6.54 Å². The molecule has 0 aromatic rings. The zero-order valence-corrected chi connectivity index (χ0v) is 11.6. The van der Waals surface area contributed by atoms with Crippen molar-refractivity contribution in [2.24, 2.45) is 5.92 Å². The summed E-state index contributed by atoms with van der Waals surface area (Å²) in [5, 5.41) is 3.24. The van der Waals surface area contributed by atoms with E-state index in [9.17, 15) is 4.79 Å². The van der Waals surface area contributed by atoms with Gasteiger partial charge in [-0.05, 0) is 39.5 Å². The highest BCUT2D eigenvalue weighted by molar-refractivity contribution is 5.78. The largest absolute Gasteiger partial charge is 0.384 e. The number of rotatable bonds is 4. The Bertz CT molecular complexity index is 240. The Hall–Kier alpha value is -0.610. The Kier molecular flexibility index (Phi) is 5.40. The van der Waals surface area contributed by atoms with Crippen LogP contribution in [0, 0.1) is 5.92 Å². The molecule has 0 atom stereocenters. The smallest absolute Gasteiger partial charge is 0.236 e. The first-order valence-electron chi connectivity index (χ1n) is 6.44. The summed E-state index contributed by atoms with van der Waals surface area (Å²) in [5.74, 6) is 0.843. The van der Waals surface area contributed by atoms with Crippen LogP contribution >= 0.6 is 0 Å². The summed E-state index contributed by atoms with van der Waals surface area (Å²) in [7, 11) is 1.74. The highest BCUT2D eigenvalue weighted by atomic mass is 16.5. The Morgan fingerprint density at radius 2 is 1.94 bits per heavy atom. The van der Waals surface area contributed by atoms with Crippen molar-refractivity contribution in [3.63, 3.8) is 0 Å². The van der Waals surface area contributed by atoms with E-state index in [1.54, 1.807) is 7.11 Å². The van der Waals surface area contributed by atoms with E-state index in [4.69, 9.17) is 4.74 Å². The van der Waals surface area contributed by atoms with Gasteiger partial charge in [0.15, 0.2) is 0 Å². The molecule has 0 aromatic carbocycles. The second-order valence-electron chi connectivity index (χ2n) is 5.88. The molecule has 4 nitrogen and oxygen atoms in total. The molecular formula is C13H26N2O2. The van der Waals surface area contributed by atoms with Gasteiger partial charge in [0.25, 0.3) is 0 Å². The Morgan fingerprint density at radius 1 is 1.35 bits per heavy atom. The fourth-order valence-corrected chi connectivity index (χ4v) is 2.04. The fourth-order valence-electron chi connectivity index (χ4n) is 2.04. The SMILES string of the molecule is COCC1CCN(C(=O)CNC(C)(C)C)CC1. The maximum Gasteiger partial charge on any atom is 0.236 e. The summed E-state index contributed by atoms with van der Waals surface area (Å²) >= 11 is 0. The molecule has 4 heteroatoms. The van der Waals surface area contributed by atoms with Crippen LogP contribution in [-0.4, -0.2) is 49.7 Å². The maximum absolute atomic E-state index is 11.9. The van der Waals surface area contributed by atoms with Gasteiger partial charge in [0.1, 0.15) is 0 Å². The predicted octanol–water partition coefficient (Wildman–Crippen LogP) is 1.26. The van der Waals surface area contributed by atoms with Crippen molar-refractivity contribution in [1.29, 1.82) is 0 Å². The molecule has 1 fully saturated rings. The third-order valence-electron chi connectivity index (χ3n) is 3.14. The van der Waals surface area contributed by atoms with Crippen LogP contribution in [0.25, 0.3) is 0 Å². The van der Waals surface area contributed by atoms with E-state index >= 15 is 0 Å². The second kappa shape index (κ2) is 6.36. The molecule has 0 bridgehead atoms. The van der Waals surface area contributed by atoms with Crippen molar-refractivity contribution >= 4 is 5.91 Å². The number of hydrogen-bond acceptors (Lipinski definition) is 3. The van der Waals surface area contributed by atoms with Gasteiger partial charge in [-0.2, -0.15) is 0 Å². The first-order chi connectivity index (χ1) is 7.92. The minimum atomic E-state index is 0.00400. The van der Waals surface area contributed by atoms with E-state index in [0.717, 1.165) is 32.5 Å². The fraction of sp³-hybridized carbons (Fsp3) is 0.923. The van der Waals surface area contributed by atoms with Gasteiger partial charge in [-0.25, -0.2) is 0 Å². The zero-order valence-electron chi connectivity index (χ0n) is 11.6. The second-order valence-corrected chi connectivity index (χ2v) is 5.88. The minimum Gasteiger partial charge on any atom is -0.384 e. The van der Waals surface area contributed by atoms with Crippen molar-refractivity contribution in [1.82, 2.24) is 10.2 Å². The monoisotopic (exact) mass is 242 g/mol. The molecule has 0 radical (unpaired) electrons. The number of carbonyl (C=O) groups excluding carboxylic acids is 1. The number of ether oxygens (including phenoxy) is 1. The lowest BCUT2D eigenvalue weighted by Crippen LogP contribution is -2.47. The minimum absolute atomic E-state index is 0.00400. The number of piperidine rings is 1. The third-order valence-corrected chi connectivity index (χ3v) is 3.14. The van der Waals surface area contributed by atoms with Gasteiger partial charge in [0.2, 0.25) is 5.91 Å². The van der Waals surface area contributed by atoms with E-state index in [1.165, 1.54) is 0 Å². The number of amides is 1. The van der Waals surface area contributed by atoms with Crippen LogP contribution in [-0.2, 0) is 9.53 Å². The normalized spacial score (nSPS) is 18.5. The topological polar surface area (TPSA) is 41.6 Å². The van der Waals surface area contributed by atoms with Crippen molar-refractivity contribution in [2.75, 3.05) is 33.4 Å². The van der Waals surface area contributed by atoms with Crippen LogP contribution in [0.3, 0.4) is 0 Å². The molecule has 0 aliphatic carbocycles. The lowest BCUT2D eigenvalue weighted by Gasteiger charge is -2.32. The van der Waals surface area contributed by atoms with Crippen molar-refractivity contribution in [2.45, 2.75) is 39.2 Å². The molecule has 1 saturated heterocycles. The molecule has 1 amide bonds. The highest BCUT2D eigenvalue weighted by Gasteiger charge is 2.23. The third kappa shape index (κ3) is 5.50. The highest BCUT2D eigenvalue weighted by Crippen LogP contribution is 2.17. The van der Waals surface area contributed by atoms with Crippen LogP contribution in [0.2, 0.25) is 0 Å². The summed E-state index contributed by atoms with van der Waals surface area (Å²) in [5.41, 5.74) is 0.00400. The molecule has 17 heavy (non-hydrogen) atoms. The van der Waals surface area contributed by atoms with E-state index < -0.39 is 0 Å². The van der Waals surface area contributed by atoms with Crippen LogP contribution < -0.4 is 5.32 Å². The molecule has 1 heterocycles. The lowest BCUT2D eigenvalue weighted by molar-refractivity contribution is -0.132. The standard InChI is InChI=1S/C13H26N2O2/c1-13(2,3)14-9-12(16)15-7-5-11(6-8-15)10-17-4/h11,14H,5-10H2,1-4H3. The van der Waals surface area contributed by atoms with Crippen molar-refractivity contribution in [3.8, 4) is 0 Å². The molecule has 100 valence electrons. The first kappa shape index (κ1) is 14.5. The van der Waals surface area contributed by atoms with Crippen molar-refractivity contribution < 1.29 is 9.53 Å². The molecule has 1 rings (SSSR count). The van der Waals surface area contributed by atoms with E-state index in [2.05, 4.69) is 26.1 Å². The van der Waals surface area contributed by atoms with Crippen LogP contribution in [0.15, 0.2) is 0 Å². The number of nitrogens with one attached hydrogen (secondary N) is 1. The summed E-state index contributed by atoms with van der Waals surface area (Å²) in [4.78, 5) is 13.9. The molecule has 0 saturated carbocycles. The Labute approximate surface area is 105 Å². The van der Waals surface area contributed by atoms with Gasteiger partial charge in [-0.15, -0.1) is 0 Å². The lowest BCUT2D eigenvalue weighted by atomic mass is 9.98. The average molecular weight is 242 g/mol. The van der Waals surface area contributed by atoms with Gasteiger partial charge in [-0.3, -0.25) is 4.79 Å². The number of likely N-dealkylation sites (tertiary alicyclic amines) is 1. The maximum atomic E-state index is 11.9. The van der Waals surface area contributed by atoms with Crippen LogP contribution in [0.1, 0.15) is 33.6 Å². The number of hydrogen-bond donors (Lipinski definition) is 1. The molecule has 0 unspecified atom stereocenters. The van der Waals surface area contributed by atoms with E-state index in [0.29, 0.717) is 12.5 Å². The van der Waals surface area contributed by atoms with Gasteiger partial charge in [0, 0.05) is 32.3 Å². The molecule has 1 aliphatic rings. The summed E-state index contributed by atoms with van der Waals surface area (Å²) < 4.78 is 5.15. The molecule has 1 aliphatic heterocycles. The summed E-state index contributed by atoms with van der Waals surface area (Å²) in [6, 6.07) is 0. The van der Waals surface area contributed by atoms with E-state index in [1.807, 2.05) is 4.90 Å². The average Bonchev–Trinajstić information content (AvgIpc) is 2.26. The van der Waals surface area contributed by atoms with Crippen LogP contribution in [0.5, 0.6) is 0 Å². The Morgan fingerprint density at radius 3 is 2.41 bits per heavy atom. The van der Waals surface area contributed by atoms with Crippen molar-refractivity contribution in [3.05, 3.63) is 0 Å². The van der Waals surface area contributed by atoms with Crippen LogP contribution in [0.4, 0.5) is 0 Å². The molecule has 0 spiro atoms. The van der Waals surface area contributed by atoms with Gasteiger partial charge < -0.3 is 15.0 Å². The zero-order chi connectivity index (χ0) is 12.9. The van der Waals surface area contributed by atoms with Gasteiger partial charge in [-0.1, -0.05) is 0 Å². The first-order valence-corrected chi connectivity index (χ1v) is 6.44. The Balaban J connectivity index is 2.26. The van der Waals surface area contributed by atoms with E-state index in [-0.39, 0.29) is 11.4 Å². The molecule has 1 N–H and O–H groups in total. The quantitative estimate of drug-likeness (QED) is 0.807. The number of nitrogens with zero attached hydrogens (tertiary/aromatic N) is 1.